The topological polar surface area (TPSA) is 42.1 Å². The van der Waals surface area contributed by atoms with Crippen molar-refractivity contribution in [3.05, 3.63) is 22.8 Å². The van der Waals surface area contributed by atoms with Crippen LogP contribution < -0.4 is 10.6 Å². The summed E-state index contributed by atoms with van der Waals surface area (Å²) in [7, 11) is 0. The van der Waals surface area contributed by atoms with Gasteiger partial charge in [-0.15, -0.1) is 0 Å². The number of nitrogens with zero attached hydrogens (tertiary/aromatic N) is 2. The maximum Gasteiger partial charge on any atom is 0.128 e. The van der Waals surface area contributed by atoms with Gasteiger partial charge in [-0.25, -0.2) is 4.98 Å². The SMILES string of the molecule is CC1(C)CCCN(c2ccc(Cl)c(CN)n2)C1. The second-order valence-corrected chi connectivity index (χ2v) is 5.90. The number of hydrogen-bond donors (Lipinski definition) is 1. The van der Waals surface area contributed by atoms with Gasteiger partial charge in [0.15, 0.2) is 0 Å². The van der Waals surface area contributed by atoms with Crippen LogP contribution in [0.4, 0.5) is 5.82 Å². The number of pyridine rings is 1. The fourth-order valence-corrected chi connectivity index (χ4v) is 2.59. The highest BCUT2D eigenvalue weighted by molar-refractivity contribution is 6.31. The zero-order valence-electron chi connectivity index (χ0n) is 10.5. The summed E-state index contributed by atoms with van der Waals surface area (Å²) in [4.78, 5) is 6.88. The number of aromatic nitrogens is 1. The van der Waals surface area contributed by atoms with Crippen molar-refractivity contribution in [3.63, 3.8) is 0 Å². The van der Waals surface area contributed by atoms with Crippen LogP contribution in [0.15, 0.2) is 12.1 Å². The lowest BCUT2D eigenvalue weighted by atomic mass is 9.84. The van der Waals surface area contributed by atoms with E-state index in [1.165, 1.54) is 12.8 Å². The third-order valence-corrected chi connectivity index (χ3v) is 3.67. The molecule has 1 aromatic heterocycles. The summed E-state index contributed by atoms with van der Waals surface area (Å²) < 4.78 is 0. The standard InChI is InChI=1S/C13H20ClN3/c1-13(2)6-3-7-17(9-13)12-5-4-10(14)11(8-15)16-12/h4-5H,3,6-9,15H2,1-2H3. The molecular weight excluding hydrogens is 234 g/mol. The van der Waals surface area contributed by atoms with E-state index in [0.29, 0.717) is 17.0 Å². The minimum Gasteiger partial charge on any atom is -0.356 e. The minimum atomic E-state index is 0.364. The van der Waals surface area contributed by atoms with Crippen molar-refractivity contribution in [2.45, 2.75) is 33.2 Å². The second kappa shape index (κ2) is 4.83. The van der Waals surface area contributed by atoms with Crippen LogP contribution in [-0.4, -0.2) is 18.1 Å². The van der Waals surface area contributed by atoms with Crippen molar-refractivity contribution in [2.24, 2.45) is 11.1 Å². The molecule has 94 valence electrons. The van der Waals surface area contributed by atoms with E-state index in [1.807, 2.05) is 12.1 Å². The largest absolute Gasteiger partial charge is 0.356 e. The van der Waals surface area contributed by atoms with Crippen molar-refractivity contribution < 1.29 is 0 Å². The smallest absolute Gasteiger partial charge is 0.128 e. The molecule has 0 unspecified atom stereocenters. The van der Waals surface area contributed by atoms with Gasteiger partial charge in [0.2, 0.25) is 0 Å². The number of hydrogen-bond acceptors (Lipinski definition) is 3. The van der Waals surface area contributed by atoms with Gasteiger partial charge < -0.3 is 10.6 Å². The van der Waals surface area contributed by atoms with Gasteiger partial charge in [-0.1, -0.05) is 25.4 Å². The Hall–Kier alpha value is -0.800. The highest BCUT2D eigenvalue weighted by atomic mass is 35.5. The molecule has 2 rings (SSSR count). The first-order valence-corrected chi connectivity index (χ1v) is 6.50. The van der Waals surface area contributed by atoms with Crippen molar-refractivity contribution in [3.8, 4) is 0 Å². The zero-order valence-corrected chi connectivity index (χ0v) is 11.3. The summed E-state index contributed by atoms with van der Waals surface area (Å²) in [6.07, 6.45) is 2.50. The number of halogens is 1. The summed E-state index contributed by atoms with van der Waals surface area (Å²) in [6.45, 7) is 7.12. The molecule has 2 N–H and O–H groups in total. The predicted molar refractivity (Wildman–Crippen MR) is 72.4 cm³/mol. The van der Waals surface area contributed by atoms with Crippen molar-refractivity contribution in [1.82, 2.24) is 4.98 Å². The monoisotopic (exact) mass is 253 g/mol. The fourth-order valence-electron chi connectivity index (χ4n) is 2.41. The van der Waals surface area contributed by atoms with Crippen molar-refractivity contribution in [2.75, 3.05) is 18.0 Å². The molecule has 1 saturated heterocycles. The lowest BCUT2D eigenvalue weighted by Crippen LogP contribution is -2.40. The van der Waals surface area contributed by atoms with Crippen LogP contribution in [0.5, 0.6) is 0 Å². The Morgan fingerprint density at radius 1 is 1.47 bits per heavy atom. The Morgan fingerprint density at radius 2 is 2.24 bits per heavy atom. The minimum absolute atomic E-state index is 0.364. The molecule has 4 heteroatoms. The van der Waals surface area contributed by atoms with Crippen molar-refractivity contribution in [1.29, 1.82) is 0 Å². The first-order chi connectivity index (χ1) is 8.02. The van der Waals surface area contributed by atoms with Crippen LogP contribution in [0.2, 0.25) is 5.02 Å². The maximum atomic E-state index is 6.03. The zero-order chi connectivity index (χ0) is 12.5. The number of anilines is 1. The van der Waals surface area contributed by atoms with Gasteiger partial charge >= 0.3 is 0 Å². The maximum absolute atomic E-state index is 6.03. The molecule has 3 nitrogen and oxygen atoms in total. The Labute approximate surface area is 108 Å². The first-order valence-electron chi connectivity index (χ1n) is 6.12. The van der Waals surface area contributed by atoms with Crippen LogP contribution in [0.1, 0.15) is 32.4 Å². The Kier molecular flexibility index (Phi) is 3.59. The van der Waals surface area contributed by atoms with Crippen molar-refractivity contribution >= 4 is 17.4 Å². The molecule has 17 heavy (non-hydrogen) atoms. The summed E-state index contributed by atoms with van der Waals surface area (Å²) in [5, 5.41) is 0.660. The van der Waals surface area contributed by atoms with Gasteiger partial charge in [0.1, 0.15) is 5.82 Å². The van der Waals surface area contributed by atoms with E-state index < -0.39 is 0 Å². The molecular formula is C13H20ClN3. The molecule has 0 spiro atoms. The molecule has 2 heterocycles. The molecule has 0 bridgehead atoms. The van der Waals surface area contributed by atoms with E-state index in [2.05, 4.69) is 23.7 Å². The highest BCUT2D eigenvalue weighted by Crippen LogP contribution is 2.31. The fraction of sp³-hybridized carbons (Fsp3) is 0.615. The molecule has 0 amide bonds. The van der Waals surface area contributed by atoms with Crippen LogP contribution in [0.3, 0.4) is 0 Å². The first kappa shape index (κ1) is 12.7. The average Bonchev–Trinajstić information content (AvgIpc) is 2.28. The number of piperidine rings is 1. The molecule has 1 aliphatic rings. The lowest BCUT2D eigenvalue weighted by Gasteiger charge is -2.38. The quantitative estimate of drug-likeness (QED) is 0.881. The Morgan fingerprint density at radius 3 is 2.88 bits per heavy atom. The summed E-state index contributed by atoms with van der Waals surface area (Å²) in [5.74, 6) is 1.00. The van der Waals surface area contributed by atoms with Gasteiger partial charge in [0, 0.05) is 19.6 Å². The average molecular weight is 254 g/mol. The van der Waals surface area contributed by atoms with E-state index in [0.717, 1.165) is 24.6 Å². The molecule has 0 aromatic carbocycles. The van der Waals surface area contributed by atoms with E-state index in [9.17, 15) is 0 Å². The third kappa shape index (κ3) is 2.90. The normalized spacial score (nSPS) is 19.4. The summed E-state index contributed by atoms with van der Waals surface area (Å²) in [6, 6.07) is 3.89. The van der Waals surface area contributed by atoms with Gasteiger partial charge in [-0.3, -0.25) is 0 Å². The van der Waals surface area contributed by atoms with Crippen LogP contribution in [-0.2, 0) is 6.54 Å². The molecule has 1 fully saturated rings. The number of rotatable bonds is 2. The summed E-state index contributed by atoms with van der Waals surface area (Å²) in [5.41, 5.74) is 6.79. The van der Waals surface area contributed by atoms with E-state index in [1.54, 1.807) is 0 Å². The van der Waals surface area contributed by atoms with E-state index in [4.69, 9.17) is 17.3 Å². The van der Waals surface area contributed by atoms with E-state index in [-0.39, 0.29) is 0 Å². The Balaban J connectivity index is 2.22. The predicted octanol–water partition coefficient (Wildman–Crippen LogP) is 2.82. The van der Waals surface area contributed by atoms with Gasteiger partial charge in [0.25, 0.3) is 0 Å². The third-order valence-electron chi connectivity index (χ3n) is 3.32. The molecule has 1 aromatic rings. The molecule has 0 saturated carbocycles. The van der Waals surface area contributed by atoms with E-state index >= 15 is 0 Å². The highest BCUT2D eigenvalue weighted by Gasteiger charge is 2.27. The Bertz CT molecular complexity index is 404. The summed E-state index contributed by atoms with van der Waals surface area (Å²) >= 11 is 6.03. The van der Waals surface area contributed by atoms with Crippen LogP contribution in [0, 0.1) is 5.41 Å². The van der Waals surface area contributed by atoms with Crippen LogP contribution in [0.25, 0.3) is 0 Å². The van der Waals surface area contributed by atoms with Crippen LogP contribution >= 0.6 is 11.6 Å². The molecule has 0 radical (unpaired) electrons. The lowest BCUT2D eigenvalue weighted by molar-refractivity contribution is 0.292. The molecule has 0 atom stereocenters. The molecule has 1 aliphatic heterocycles. The van der Waals surface area contributed by atoms with Gasteiger partial charge in [-0.2, -0.15) is 0 Å². The number of nitrogens with two attached hydrogens (primary N) is 1. The van der Waals surface area contributed by atoms with Gasteiger partial charge in [0.05, 0.1) is 10.7 Å². The second-order valence-electron chi connectivity index (χ2n) is 5.49. The van der Waals surface area contributed by atoms with Gasteiger partial charge in [-0.05, 0) is 30.4 Å². The molecule has 0 aliphatic carbocycles.